The molecule has 2 aromatic carbocycles. The molecule has 34 heavy (non-hydrogen) atoms. The van der Waals surface area contributed by atoms with E-state index in [-0.39, 0.29) is 30.7 Å². The number of amides is 3. The molecule has 0 bridgehead atoms. The Bertz CT molecular complexity index is 1180. The zero-order valence-electron chi connectivity index (χ0n) is 18.9. The molecule has 0 radical (unpaired) electrons. The first-order chi connectivity index (χ1) is 16.5. The van der Waals surface area contributed by atoms with Crippen molar-refractivity contribution in [2.75, 3.05) is 46.4 Å². The molecule has 0 unspecified atom stereocenters. The van der Waals surface area contributed by atoms with Gasteiger partial charge in [0.15, 0.2) is 6.61 Å². The van der Waals surface area contributed by atoms with Crippen LogP contribution in [0.25, 0.3) is 10.9 Å². The maximum atomic E-state index is 12.6. The van der Waals surface area contributed by atoms with E-state index >= 15 is 0 Å². The average molecular weight is 463 g/mol. The zero-order valence-corrected chi connectivity index (χ0v) is 18.9. The molecular formula is C25H26N4O5. The van der Waals surface area contributed by atoms with Crippen molar-refractivity contribution in [2.24, 2.45) is 0 Å². The van der Waals surface area contributed by atoms with Crippen LogP contribution in [0.5, 0.6) is 11.5 Å². The molecule has 1 fully saturated rings. The Labute approximate surface area is 197 Å². The highest BCUT2D eigenvalue weighted by Crippen LogP contribution is 2.24. The smallest absolute Gasteiger partial charge is 0.270 e. The van der Waals surface area contributed by atoms with Gasteiger partial charge in [0.1, 0.15) is 17.2 Å². The minimum atomic E-state index is -0.454. The Balaban J connectivity index is 1.25. The maximum Gasteiger partial charge on any atom is 0.270 e. The van der Waals surface area contributed by atoms with Crippen LogP contribution in [0.2, 0.25) is 0 Å². The minimum absolute atomic E-state index is 0.0454. The molecule has 0 spiro atoms. The summed E-state index contributed by atoms with van der Waals surface area (Å²) in [5, 5.41) is 3.44. The Morgan fingerprint density at radius 3 is 2.26 bits per heavy atom. The van der Waals surface area contributed by atoms with Crippen molar-refractivity contribution < 1.29 is 23.9 Å². The normalized spacial score (nSPS) is 13.4. The van der Waals surface area contributed by atoms with E-state index in [2.05, 4.69) is 10.3 Å². The highest BCUT2D eigenvalue weighted by atomic mass is 16.5. The molecule has 0 saturated carbocycles. The first-order valence-corrected chi connectivity index (χ1v) is 11.0. The average Bonchev–Trinajstić information content (AvgIpc) is 2.90. The lowest BCUT2D eigenvalue weighted by Gasteiger charge is -2.34. The van der Waals surface area contributed by atoms with Gasteiger partial charge in [-0.15, -0.1) is 0 Å². The Morgan fingerprint density at radius 1 is 0.912 bits per heavy atom. The molecule has 3 aromatic rings. The molecular weight excluding hydrogens is 436 g/mol. The summed E-state index contributed by atoms with van der Waals surface area (Å²) in [6.07, 6.45) is 0. The molecule has 1 N–H and O–H groups in total. The molecule has 4 rings (SSSR count). The SMILES string of the molecule is COc1cc(C(=O)NCC(=O)N2CCN(C(=O)COc3ccccc3)CC2)nc2ccccc12. The molecule has 0 aliphatic carbocycles. The second kappa shape index (κ2) is 10.7. The van der Waals surface area contributed by atoms with Gasteiger partial charge in [-0.2, -0.15) is 0 Å². The number of hydrogen-bond donors (Lipinski definition) is 1. The van der Waals surface area contributed by atoms with Gasteiger partial charge in [0.25, 0.3) is 11.8 Å². The molecule has 2 heterocycles. The van der Waals surface area contributed by atoms with Gasteiger partial charge in [-0.1, -0.05) is 30.3 Å². The van der Waals surface area contributed by atoms with Crippen LogP contribution in [0.4, 0.5) is 0 Å². The van der Waals surface area contributed by atoms with E-state index in [1.54, 1.807) is 34.1 Å². The number of hydrogen-bond acceptors (Lipinski definition) is 6. The fourth-order valence-corrected chi connectivity index (χ4v) is 3.75. The number of methoxy groups -OCH3 is 1. The largest absolute Gasteiger partial charge is 0.496 e. The number of ether oxygens (including phenoxy) is 2. The zero-order chi connectivity index (χ0) is 23.9. The fraction of sp³-hybridized carbons (Fsp3) is 0.280. The second-order valence-electron chi connectivity index (χ2n) is 7.77. The van der Waals surface area contributed by atoms with Crippen molar-refractivity contribution in [2.45, 2.75) is 0 Å². The number of benzene rings is 2. The van der Waals surface area contributed by atoms with Gasteiger partial charge in [0.2, 0.25) is 5.91 Å². The molecule has 9 nitrogen and oxygen atoms in total. The lowest BCUT2D eigenvalue weighted by molar-refractivity contribution is -0.140. The lowest BCUT2D eigenvalue weighted by Crippen LogP contribution is -2.53. The third-order valence-corrected chi connectivity index (χ3v) is 5.62. The third kappa shape index (κ3) is 5.43. The number of nitrogens with zero attached hydrogens (tertiary/aromatic N) is 3. The van der Waals surface area contributed by atoms with Crippen LogP contribution in [0, 0.1) is 0 Å². The highest BCUT2D eigenvalue weighted by Gasteiger charge is 2.25. The molecule has 1 aliphatic heterocycles. The van der Waals surface area contributed by atoms with Crippen molar-refractivity contribution in [3.8, 4) is 11.5 Å². The molecule has 3 amide bonds. The molecule has 1 aliphatic rings. The predicted octanol–water partition coefficient (Wildman–Crippen LogP) is 1.72. The van der Waals surface area contributed by atoms with Gasteiger partial charge in [-0.3, -0.25) is 14.4 Å². The quantitative estimate of drug-likeness (QED) is 0.574. The van der Waals surface area contributed by atoms with Crippen molar-refractivity contribution in [3.63, 3.8) is 0 Å². The van der Waals surface area contributed by atoms with Gasteiger partial charge in [0, 0.05) is 37.6 Å². The van der Waals surface area contributed by atoms with Crippen LogP contribution in [0.15, 0.2) is 60.7 Å². The Hall–Kier alpha value is -4.14. The summed E-state index contributed by atoms with van der Waals surface area (Å²) in [6, 6.07) is 18.1. The van der Waals surface area contributed by atoms with Crippen molar-refractivity contribution >= 4 is 28.6 Å². The van der Waals surface area contributed by atoms with E-state index in [4.69, 9.17) is 9.47 Å². The van der Waals surface area contributed by atoms with Crippen molar-refractivity contribution in [1.29, 1.82) is 0 Å². The van der Waals surface area contributed by atoms with E-state index in [1.165, 1.54) is 7.11 Å². The molecule has 176 valence electrons. The standard InChI is InChI=1S/C25H26N4O5/c1-33-22-15-21(27-20-10-6-5-9-19(20)22)25(32)26-16-23(30)28-11-13-29(14-12-28)24(31)17-34-18-7-3-2-4-8-18/h2-10,15H,11-14,16-17H2,1H3,(H,26,32). The van der Waals surface area contributed by atoms with Crippen LogP contribution in [-0.4, -0.2) is 78.9 Å². The van der Waals surface area contributed by atoms with E-state index < -0.39 is 5.91 Å². The topological polar surface area (TPSA) is 101 Å². The molecule has 9 heteroatoms. The predicted molar refractivity (Wildman–Crippen MR) is 126 cm³/mol. The molecule has 1 saturated heterocycles. The number of nitrogens with one attached hydrogen (secondary N) is 1. The van der Waals surface area contributed by atoms with Gasteiger partial charge in [-0.25, -0.2) is 4.98 Å². The number of fused-ring (bicyclic) bond motifs is 1. The summed E-state index contributed by atoms with van der Waals surface area (Å²) in [6.45, 7) is 1.43. The van der Waals surface area contributed by atoms with Gasteiger partial charge < -0.3 is 24.6 Å². The third-order valence-electron chi connectivity index (χ3n) is 5.62. The number of rotatable bonds is 7. The highest BCUT2D eigenvalue weighted by molar-refractivity contribution is 5.98. The van der Waals surface area contributed by atoms with Crippen molar-refractivity contribution in [1.82, 2.24) is 20.1 Å². The number of pyridine rings is 1. The number of carbonyl (C=O) groups excluding carboxylic acids is 3. The Morgan fingerprint density at radius 2 is 1.56 bits per heavy atom. The van der Waals surface area contributed by atoms with E-state index in [0.717, 1.165) is 5.39 Å². The number of carbonyl (C=O) groups is 3. The van der Waals surface area contributed by atoms with Gasteiger partial charge in [-0.05, 0) is 24.3 Å². The van der Waals surface area contributed by atoms with Crippen LogP contribution in [0.3, 0.4) is 0 Å². The number of piperazine rings is 1. The lowest BCUT2D eigenvalue weighted by atomic mass is 10.1. The van der Waals surface area contributed by atoms with E-state index in [9.17, 15) is 14.4 Å². The maximum absolute atomic E-state index is 12.6. The van der Waals surface area contributed by atoms with Gasteiger partial charge >= 0.3 is 0 Å². The molecule has 0 atom stereocenters. The van der Waals surface area contributed by atoms with Crippen LogP contribution >= 0.6 is 0 Å². The first-order valence-electron chi connectivity index (χ1n) is 11.0. The van der Waals surface area contributed by atoms with E-state index in [0.29, 0.717) is 43.2 Å². The first kappa shape index (κ1) is 23.0. The number of para-hydroxylation sites is 2. The Kier molecular flexibility index (Phi) is 7.22. The molecule has 1 aromatic heterocycles. The van der Waals surface area contributed by atoms with Crippen LogP contribution in [0.1, 0.15) is 10.5 Å². The summed E-state index contributed by atoms with van der Waals surface area (Å²) in [7, 11) is 1.53. The van der Waals surface area contributed by atoms with Crippen LogP contribution < -0.4 is 14.8 Å². The fourth-order valence-electron chi connectivity index (χ4n) is 3.75. The van der Waals surface area contributed by atoms with E-state index in [1.807, 2.05) is 36.4 Å². The summed E-state index contributed by atoms with van der Waals surface area (Å²) >= 11 is 0. The summed E-state index contributed by atoms with van der Waals surface area (Å²) < 4.78 is 10.9. The monoisotopic (exact) mass is 462 g/mol. The minimum Gasteiger partial charge on any atom is -0.496 e. The van der Waals surface area contributed by atoms with Crippen LogP contribution in [-0.2, 0) is 9.59 Å². The summed E-state index contributed by atoms with van der Waals surface area (Å²) in [5.41, 5.74) is 0.813. The van der Waals surface area contributed by atoms with Crippen molar-refractivity contribution in [3.05, 3.63) is 66.4 Å². The summed E-state index contributed by atoms with van der Waals surface area (Å²) in [4.78, 5) is 45.3. The number of aromatic nitrogens is 1. The van der Waals surface area contributed by atoms with Gasteiger partial charge in [0.05, 0.1) is 19.2 Å². The second-order valence-corrected chi connectivity index (χ2v) is 7.77. The summed E-state index contributed by atoms with van der Waals surface area (Å²) in [5.74, 6) is 0.386.